The molecule has 17 heavy (non-hydrogen) atoms. The highest BCUT2D eigenvalue weighted by molar-refractivity contribution is 5.87. The third-order valence-electron chi connectivity index (χ3n) is 3.02. The molecular formula is C14H16O3. The summed E-state index contributed by atoms with van der Waals surface area (Å²) in [5.74, 6) is -0.353. The van der Waals surface area contributed by atoms with Crippen molar-refractivity contribution in [3.8, 4) is 0 Å². The van der Waals surface area contributed by atoms with Crippen molar-refractivity contribution in [3.05, 3.63) is 42.0 Å². The number of carbonyl (C=O) groups is 1. The number of aliphatic hydroxyl groups excluding tert-OH is 1. The molecule has 0 amide bonds. The molecule has 1 fully saturated rings. The van der Waals surface area contributed by atoms with Crippen molar-refractivity contribution in [2.24, 2.45) is 5.41 Å². The molecular weight excluding hydrogens is 216 g/mol. The van der Waals surface area contributed by atoms with E-state index in [0.29, 0.717) is 6.61 Å². The van der Waals surface area contributed by atoms with Crippen molar-refractivity contribution in [2.45, 2.75) is 12.8 Å². The van der Waals surface area contributed by atoms with Crippen LogP contribution in [0.1, 0.15) is 18.4 Å². The van der Waals surface area contributed by atoms with Crippen molar-refractivity contribution >= 4 is 12.0 Å². The molecule has 0 spiro atoms. The van der Waals surface area contributed by atoms with Crippen molar-refractivity contribution in [1.82, 2.24) is 0 Å². The second-order valence-electron chi connectivity index (χ2n) is 4.51. The predicted octanol–water partition coefficient (Wildman–Crippen LogP) is 2.02. The monoisotopic (exact) mass is 232 g/mol. The van der Waals surface area contributed by atoms with Gasteiger partial charge in [-0.3, -0.25) is 0 Å². The van der Waals surface area contributed by atoms with Crippen LogP contribution in [0.2, 0.25) is 0 Å². The summed E-state index contributed by atoms with van der Waals surface area (Å²) >= 11 is 0. The highest BCUT2D eigenvalue weighted by Crippen LogP contribution is 2.45. The maximum absolute atomic E-state index is 11.4. The minimum Gasteiger partial charge on any atom is -0.462 e. The summed E-state index contributed by atoms with van der Waals surface area (Å²) in [6.45, 7) is 0.421. The van der Waals surface area contributed by atoms with Gasteiger partial charge >= 0.3 is 5.97 Å². The quantitative estimate of drug-likeness (QED) is 0.624. The Morgan fingerprint density at radius 3 is 2.65 bits per heavy atom. The molecule has 0 saturated heterocycles. The van der Waals surface area contributed by atoms with Crippen LogP contribution < -0.4 is 0 Å². The molecule has 1 aliphatic rings. The van der Waals surface area contributed by atoms with Crippen molar-refractivity contribution in [2.75, 3.05) is 13.2 Å². The van der Waals surface area contributed by atoms with Crippen LogP contribution in [0.5, 0.6) is 0 Å². The summed E-state index contributed by atoms with van der Waals surface area (Å²) in [6, 6.07) is 9.58. The number of hydrogen-bond acceptors (Lipinski definition) is 3. The van der Waals surface area contributed by atoms with Gasteiger partial charge in [0.25, 0.3) is 0 Å². The summed E-state index contributed by atoms with van der Waals surface area (Å²) < 4.78 is 5.10. The fraction of sp³-hybridized carbons (Fsp3) is 0.357. The van der Waals surface area contributed by atoms with E-state index in [-0.39, 0.29) is 18.0 Å². The number of esters is 1. The SMILES string of the molecule is O=C(/C=C/c1ccccc1)OCC1(CO)CC1. The number of hydrogen-bond donors (Lipinski definition) is 1. The van der Waals surface area contributed by atoms with Gasteiger partial charge in [-0.15, -0.1) is 0 Å². The molecule has 0 atom stereocenters. The first-order valence-corrected chi connectivity index (χ1v) is 5.75. The maximum atomic E-state index is 11.4. The molecule has 0 heterocycles. The van der Waals surface area contributed by atoms with E-state index in [1.807, 2.05) is 30.3 Å². The van der Waals surface area contributed by atoms with Crippen molar-refractivity contribution in [1.29, 1.82) is 0 Å². The molecule has 2 rings (SSSR count). The highest BCUT2D eigenvalue weighted by Gasteiger charge is 2.43. The second kappa shape index (κ2) is 5.15. The minimum atomic E-state index is -0.353. The van der Waals surface area contributed by atoms with Crippen LogP contribution in [0.3, 0.4) is 0 Å². The first-order chi connectivity index (χ1) is 8.24. The molecule has 0 unspecified atom stereocenters. The molecule has 1 aromatic rings. The van der Waals surface area contributed by atoms with E-state index in [1.165, 1.54) is 6.08 Å². The molecule has 0 aliphatic heterocycles. The van der Waals surface area contributed by atoms with Gasteiger partial charge in [0.1, 0.15) is 0 Å². The lowest BCUT2D eigenvalue weighted by Gasteiger charge is -2.10. The van der Waals surface area contributed by atoms with E-state index in [2.05, 4.69) is 0 Å². The fourth-order valence-corrected chi connectivity index (χ4v) is 1.53. The summed E-state index contributed by atoms with van der Waals surface area (Å²) in [7, 11) is 0. The Labute approximate surface area is 101 Å². The third kappa shape index (κ3) is 3.43. The van der Waals surface area contributed by atoms with Gasteiger partial charge in [-0.05, 0) is 24.5 Å². The largest absolute Gasteiger partial charge is 0.462 e. The third-order valence-corrected chi connectivity index (χ3v) is 3.02. The molecule has 1 N–H and O–H groups in total. The Morgan fingerprint density at radius 2 is 2.06 bits per heavy atom. The van der Waals surface area contributed by atoms with E-state index in [1.54, 1.807) is 6.08 Å². The zero-order valence-corrected chi connectivity index (χ0v) is 9.63. The molecule has 1 saturated carbocycles. The van der Waals surface area contributed by atoms with E-state index in [9.17, 15) is 4.79 Å². The molecule has 3 heteroatoms. The van der Waals surface area contributed by atoms with E-state index in [0.717, 1.165) is 18.4 Å². The molecule has 90 valence electrons. The molecule has 1 aliphatic carbocycles. The van der Waals surface area contributed by atoms with Crippen molar-refractivity contribution < 1.29 is 14.6 Å². The normalized spacial score (nSPS) is 17.0. The van der Waals surface area contributed by atoms with Gasteiger partial charge in [0.05, 0.1) is 13.2 Å². The van der Waals surface area contributed by atoms with Crippen LogP contribution in [0, 0.1) is 5.41 Å². The summed E-state index contributed by atoms with van der Waals surface area (Å²) in [5.41, 5.74) is 0.823. The highest BCUT2D eigenvalue weighted by atomic mass is 16.5. The van der Waals surface area contributed by atoms with Gasteiger partial charge < -0.3 is 9.84 Å². The number of ether oxygens (including phenoxy) is 1. The van der Waals surface area contributed by atoms with Gasteiger partial charge in [-0.25, -0.2) is 4.79 Å². The van der Waals surface area contributed by atoms with Crippen LogP contribution in [0.15, 0.2) is 36.4 Å². The Hall–Kier alpha value is -1.61. The first-order valence-electron chi connectivity index (χ1n) is 5.75. The lowest BCUT2D eigenvalue weighted by Crippen LogP contribution is -2.17. The molecule has 3 nitrogen and oxygen atoms in total. The number of carbonyl (C=O) groups excluding carboxylic acids is 1. The Morgan fingerprint density at radius 1 is 1.35 bits per heavy atom. The van der Waals surface area contributed by atoms with Gasteiger partial charge in [-0.2, -0.15) is 0 Å². The molecule has 0 radical (unpaired) electrons. The first kappa shape index (κ1) is 11.9. The summed E-state index contributed by atoms with van der Waals surface area (Å²) in [5, 5.41) is 9.07. The van der Waals surface area contributed by atoms with E-state index >= 15 is 0 Å². The number of benzene rings is 1. The Bertz CT molecular complexity index is 405. The fourth-order valence-electron chi connectivity index (χ4n) is 1.53. The van der Waals surface area contributed by atoms with Gasteiger partial charge in [0.2, 0.25) is 0 Å². The predicted molar refractivity (Wildman–Crippen MR) is 65.2 cm³/mol. The van der Waals surface area contributed by atoms with Crippen molar-refractivity contribution in [3.63, 3.8) is 0 Å². The van der Waals surface area contributed by atoms with E-state index < -0.39 is 0 Å². The lowest BCUT2D eigenvalue weighted by atomic mass is 10.1. The molecule has 1 aromatic carbocycles. The van der Waals surface area contributed by atoms with Gasteiger partial charge in [0, 0.05) is 11.5 Å². The summed E-state index contributed by atoms with van der Waals surface area (Å²) in [4.78, 5) is 11.4. The zero-order chi connectivity index (χ0) is 12.1. The minimum absolute atomic E-state index is 0.0999. The van der Waals surface area contributed by atoms with Gasteiger partial charge in [-0.1, -0.05) is 30.3 Å². The number of rotatable bonds is 5. The lowest BCUT2D eigenvalue weighted by molar-refractivity contribution is -0.139. The van der Waals surface area contributed by atoms with Crippen LogP contribution in [-0.4, -0.2) is 24.3 Å². The van der Waals surface area contributed by atoms with Crippen LogP contribution in [0.4, 0.5) is 0 Å². The molecule has 0 aromatic heterocycles. The standard InChI is InChI=1S/C14H16O3/c15-10-14(8-9-14)11-17-13(16)7-6-12-4-2-1-3-5-12/h1-7,15H,8-11H2/b7-6+. The van der Waals surface area contributed by atoms with Crippen LogP contribution in [0.25, 0.3) is 6.08 Å². The average molecular weight is 232 g/mol. The topological polar surface area (TPSA) is 46.5 Å². The van der Waals surface area contributed by atoms with Crippen LogP contribution in [-0.2, 0) is 9.53 Å². The zero-order valence-electron chi connectivity index (χ0n) is 9.63. The van der Waals surface area contributed by atoms with Crippen LogP contribution >= 0.6 is 0 Å². The smallest absolute Gasteiger partial charge is 0.330 e. The number of aliphatic hydroxyl groups is 1. The maximum Gasteiger partial charge on any atom is 0.330 e. The van der Waals surface area contributed by atoms with Gasteiger partial charge in [0.15, 0.2) is 0 Å². The molecule has 0 bridgehead atoms. The summed E-state index contributed by atoms with van der Waals surface area (Å²) in [6.07, 6.45) is 5.03. The average Bonchev–Trinajstić information content (AvgIpc) is 3.16. The Kier molecular flexibility index (Phi) is 3.59. The van der Waals surface area contributed by atoms with E-state index in [4.69, 9.17) is 9.84 Å². The Balaban J connectivity index is 1.79. The second-order valence-corrected chi connectivity index (χ2v) is 4.51.